The van der Waals surface area contributed by atoms with Crippen molar-refractivity contribution in [1.82, 2.24) is 10.6 Å². The summed E-state index contributed by atoms with van der Waals surface area (Å²) in [5, 5.41) is 6.15. The highest BCUT2D eigenvalue weighted by Crippen LogP contribution is 2.38. The lowest BCUT2D eigenvalue weighted by Crippen LogP contribution is -2.45. The molecule has 2 N–H and O–H groups in total. The number of carbonyl (C=O) groups excluding carboxylic acids is 2. The van der Waals surface area contributed by atoms with Crippen LogP contribution in [0.3, 0.4) is 0 Å². The highest BCUT2D eigenvalue weighted by Gasteiger charge is 2.20. The molecule has 0 aliphatic heterocycles. The van der Waals surface area contributed by atoms with Crippen LogP contribution in [-0.2, 0) is 11.2 Å². The van der Waals surface area contributed by atoms with E-state index in [-0.39, 0.29) is 5.91 Å². The molecule has 7 nitrogen and oxygen atoms in total. The average Bonchev–Trinajstić information content (AvgIpc) is 2.73. The van der Waals surface area contributed by atoms with E-state index >= 15 is 0 Å². The van der Waals surface area contributed by atoms with E-state index < -0.39 is 11.9 Å². The Hall–Kier alpha value is -2.93. The Balaban J connectivity index is 1.95. The van der Waals surface area contributed by atoms with Crippen molar-refractivity contribution in [3.63, 3.8) is 0 Å². The van der Waals surface area contributed by atoms with Gasteiger partial charge >= 0.3 is 0 Å². The van der Waals surface area contributed by atoms with Gasteiger partial charge in [-0.05, 0) is 43.2 Å². The van der Waals surface area contributed by atoms with Gasteiger partial charge in [0.1, 0.15) is 6.04 Å². The van der Waals surface area contributed by atoms with Crippen LogP contribution in [0.1, 0.15) is 22.8 Å². The molecule has 0 aliphatic rings. The van der Waals surface area contributed by atoms with Gasteiger partial charge in [-0.15, -0.1) is 0 Å². The SMILES string of the molecule is COc1cc(C(=O)N[C@@H](C)C(=O)NCCc2ccc(Cl)cc2)cc(OC)c1OC. The largest absolute Gasteiger partial charge is 0.493 e. The number of rotatable bonds is 9. The maximum absolute atomic E-state index is 12.6. The van der Waals surface area contributed by atoms with Crippen LogP contribution < -0.4 is 24.8 Å². The van der Waals surface area contributed by atoms with Gasteiger partial charge in [-0.2, -0.15) is 0 Å². The number of halogens is 1. The molecule has 0 saturated carbocycles. The van der Waals surface area contributed by atoms with Crippen LogP contribution in [0.4, 0.5) is 0 Å². The van der Waals surface area contributed by atoms with Crippen molar-refractivity contribution in [1.29, 1.82) is 0 Å². The molecule has 0 saturated heterocycles. The standard InChI is InChI=1S/C21H25ClN2O5/c1-13(20(25)23-10-9-14-5-7-16(22)8-6-14)24-21(26)15-11-17(27-2)19(29-4)18(12-15)28-3/h5-8,11-13H,9-10H2,1-4H3,(H,23,25)(H,24,26)/t13-/m0/s1. The van der Waals surface area contributed by atoms with Gasteiger partial charge in [0, 0.05) is 17.1 Å². The molecule has 2 aromatic rings. The third kappa shape index (κ3) is 6.02. The summed E-state index contributed by atoms with van der Waals surface area (Å²) in [5.41, 5.74) is 1.35. The molecule has 1 atom stereocenters. The zero-order valence-electron chi connectivity index (χ0n) is 16.9. The molecule has 0 unspecified atom stereocenters. The Morgan fingerprint density at radius 2 is 1.59 bits per heavy atom. The van der Waals surface area contributed by atoms with E-state index in [2.05, 4.69) is 10.6 Å². The Bertz CT molecular complexity index is 830. The molecule has 0 fully saturated rings. The summed E-state index contributed by atoms with van der Waals surface area (Å²) in [6.07, 6.45) is 0.663. The molecular weight excluding hydrogens is 396 g/mol. The van der Waals surface area contributed by atoms with Crippen molar-refractivity contribution in [2.45, 2.75) is 19.4 Å². The van der Waals surface area contributed by atoms with E-state index in [9.17, 15) is 9.59 Å². The number of hydrogen-bond donors (Lipinski definition) is 2. The fourth-order valence-corrected chi connectivity index (χ4v) is 2.82. The van der Waals surface area contributed by atoms with E-state index in [0.29, 0.717) is 40.8 Å². The first-order chi connectivity index (χ1) is 13.9. The van der Waals surface area contributed by atoms with Crippen molar-refractivity contribution < 1.29 is 23.8 Å². The predicted octanol–water partition coefficient (Wildman–Crippen LogP) is 2.84. The first-order valence-corrected chi connectivity index (χ1v) is 9.40. The molecule has 8 heteroatoms. The van der Waals surface area contributed by atoms with Crippen molar-refractivity contribution in [3.8, 4) is 17.2 Å². The molecule has 0 heterocycles. The Labute approximate surface area is 175 Å². The lowest BCUT2D eigenvalue weighted by Gasteiger charge is -2.16. The number of ether oxygens (including phenoxy) is 3. The second-order valence-electron chi connectivity index (χ2n) is 6.28. The third-order valence-corrected chi connectivity index (χ3v) is 4.55. The van der Waals surface area contributed by atoms with E-state index in [1.54, 1.807) is 19.1 Å². The minimum Gasteiger partial charge on any atom is -0.493 e. The lowest BCUT2D eigenvalue weighted by atomic mass is 10.1. The minimum absolute atomic E-state index is 0.278. The Kier molecular flexibility index (Phi) is 8.15. The molecule has 2 aromatic carbocycles. The van der Waals surface area contributed by atoms with Gasteiger partial charge in [-0.3, -0.25) is 9.59 Å². The number of amides is 2. The number of nitrogens with one attached hydrogen (secondary N) is 2. The number of hydrogen-bond acceptors (Lipinski definition) is 5. The normalized spacial score (nSPS) is 11.3. The fourth-order valence-electron chi connectivity index (χ4n) is 2.69. The highest BCUT2D eigenvalue weighted by molar-refractivity contribution is 6.30. The summed E-state index contributed by atoms with van der Waals surface area (Å²) < 4.78 is 15.8. The topological polar surface area (TPSA) is 85.9 Å². The fraction of sp³-hybridized carbons (Fsp3) is 0.333. The first kappa shape index (κ1) is 22.4. The average molecular weight is 421 g/mol. The van der Waals surface area contributed by atoms with Gasteiger partial charge in [0.25, 0.3) is 5.91 Å². The predicted molar refractivity (Wildman–Crippen MR) is 111 cm³/mol. The van der Waals surface area contributed by atoms with Crippen LogP contribution in [0, 0.1) is 0 Å². The molecule has 0 bridgehead atoms. The molecule has 156 valence electrons. The van der Waals surface area contributed by atoms with E-state index in [1.165, 1.54) is 33.5 Å². The second kappa shape index (κ2) is 10.6. The van der Waals surface area contributed by atoms with Gasteiger partial charge in [0.15, 0.2) is 11.5 Å². The Morgan fingerprint density at radius 1 is 1.00 bits per heavy atom. The van der Waals surface area contributed by atoms with Crippen molar-refractivity contribution in [3.05, 3.63) is 52.5 Å². The summed E-state index contributed by atoms with van der Waals surface area (Å²) in [5.74, 6) is 0.401. The van der Waals surface area contributed by atoms with Crippen LogP contribution in [0.15, 0.2) is 36.4 Å². The van der Waals surface area contributed by atoms with Crippen LogP contribution >= 0.6 is 11.6 Å². The van der Waals surface area contributed by atoms with E-state index in [1.807, 2.05) is 12.1 Å². The van der Waals surface area contributed by atoms with Gasteiger partial charge in [-0.25, -0.2) is 0 Å². The summed E-state index contributed by atoms with van der Waals surface area (Å²) in [7, 11) is 4.42. The van der Waals surface area contributed by atoms with Crippen LogP contribution in [0.25, 0.3) is 0 Å². The molecule has 0 radical (unpaired) electrons. The molecule has 0 aromatic heterocycles. The number of methoxy groups -OCH3 is 3. The van der Waals surface area contributed by atoms with Crippen LogP contribution in [-0.4, -0.2) is 45.7 Å². The van der Waals surface area contributed by atoms with Crippen molar-refractivity contribution in [2.75, 3.05) is 27.9 Å². The summed E-state index contributed by atoms with van der Waals surface area (Å²) in [4.78, 5) is 24.9. The summed E-state index contributed by atoms with van der Waals surface area (Å²) in [6.45, 7) is 2.07. The van der Waals surface area contributed by atoms with Crippen molar-refractivity contribution >= 4 is 23.4 Å². The quantitative estimate of drug-likeness (QED) is 0.651. The monoisotopic (exact) mass is 420 g/mol. The molecule has 0 spiro atoms. The number of carbonyl (C=O) groups is 2. The maximum atomic E-state index is 12.6. The minimum atomic E-state index is -0.716. The van der Waals surface area contributed by atoms with Gasteiger partial charge in [0.2, 0.25) is 11.7 Å². The zero-order valence-corrected chi connectivity index (χ0v) is 17.6. The lowest BCUT2D eigenvalue weighted by molar-refractivity contribution is -0.122. The summed E-state index contributed by atoms with van der Waals surface area (Å²) in [6, 6.07) is 9.77. The Morgan fingerprint density at radius 3 is 2.10 bits per heavy atom. The van der Waals surface area contributed by atoms with Crippen LogP contribution in [0.5, 0.6) is 17.2 Å². The smallest absolute Gasteiger partial charge is 0.252 e. The molecular formula is C21H25ClN2O5. The molecule has 29 heavy (non-hydrogen) atoms. The highest BCUT2D eigenvalue weighted by atomic mass is 35.5. The molecule has 2 amide bonds. The maximum Gasteiger partial charge on any atom is 0.252 e. The van der Waals surface area contributed by atoms with E-state index in [0.717, 1.165) is 5.56 Å². The van der Waals surface area contributed by atoms with Gasteiger partial charge < -0.3 is 24.8 Å². The van der Waals surface area contributed by atoms with Crippen molar-refractivity contribution in [2.24, 2.45) is 0 Å². The second-order valence-corrected chi connectivity index (χ2v) is 6.71. The molecule has 0 aliphatic carbocycles. The number of benzene rings is 2. The van der Waals surface area contributed by atoms with E-state index in [4.69, 9.17) is 25.8 Å². The zero-order chi connectivity index (χ0) is 21.4. The van der Waals surface area contributed by atoms with Crippen LogP contribution in [0.2, 0.25) is 5.02 Å². The first-order valence-electron chi connectivity index (χ1n) is 9.02. The molecule has 2 rings (SSSR count). The van der Waals surface area contributed by atoms with Gasteiger partial charge in [-0.1, -0.05) is 23.7 Å². The summed E-state index contributed by atoms with van der Waals surface area (Å²) >= 11 is 5.86. The third-order valence-electron chi connectivity index (χ3n) is 4.29. The van der Waals surface area contributed by atoms with Gasteiger partial charge in [0.05, 0.1) is 21.3 Å².